The Hall–Kier alpha value is -1.56. The molecule has 1 amide bonds. The number of nitrogens with zero attached hydrogens (tertiary/aromatic N) is 2. The monoisotopic (exact) mass is 245 g/mol. The summed E-state index contributed by atoms with van der Waals surface area (Å²) < 4.78 is 9.78. The second-order valence-corrected chi connectivity index (χ2v) is 3.54. The molecule has 0 bridgehead atoms. The number of hydrogen-bond acceptors (Lipinski definition) is 5. The minimum atomic E-state index is -0.646. The van der Waals surface area contributed by atoms with Crippen molar-refractivity contribution in [3.05, 3.63) is 6.07 Å². The first-order valence-corrected chi connectivity index (χ1v) is 4.92. The topological polar surface area (TPSA) is 73.3 Å². The summed E-state index contributed by atoms with van der Waals surface area (Å²) in [6.45, 7) is 1.56. The lowest BCUT2D eigenvalue weighted by atomic mass is 10.4. The molecule has 1 heterocycles. The van der Waals surface area contributed by atoms with Gasteiger partial charge in [-0.15, -0.1) is 11.6 Å². The lowest BCUT2D eigenvalue weighted by molar-refractivity contribution is -0.115. The number of aromatic nitrogens is 2. The summed E-state index contributed by atoms with van der Waals surface area (Å²) in [6.07, 6.45) is 0. The molecule has 1 atom stereocenters. The molecule has 1 rings (SSSR count). The molecular weight excluding hydrogens is 234 g/mol. The Kier molecular flexibility index (Phi) is 4.30. The van der Waals surface area contributed by atoms with Crippen molar-refractivity contribution in [3.63, 3.8) is 0 Å². The molecular formula is C9H12ClN3O3. The molecule has 16 heavy (non-hydrogen) atoms. The van der Waals surface area contributed by atoms with Crippen LogP contribution >= 0.6 is 11.6 Å². The number of carbonyl (C=O) groups is 1. The van der Waals surface area contributed by atoms with Gasteiger partial charge in [0.25, 0.3) is 0 Å². The van der Waals surface area contributed by atoms with Crippen LogP contribution < -0.4 is 14.8 Å². The Morgan fingerprint density at radius 2 is 2.12 bits per heavy atom. The summed E-state index contributed by atoms with van der Waals surface area (Å²) in [7, 11) is 2.88. The molecule has 6 nitrogen and oxygen atoms in total. The molecule has 7 heteroatoms. The molecule has 0 aromatic carbocycles. The standard InChI is InChI=1S/C9H12ClN3O3/c1-5(10)8(14)11-6-4-7(15-2)13-9(12-6)16-3/h4-5H,1-3H3,(H,11,12,13,14). The van der Waals surface area contributed by atoms with E-state index < -0.39 is 5.38 Å². The maximum absolute atomic E-state index is 11.3. The fourth-order valence-corrected chi connectivity index (χ4v) is 0.944. The molecule has 1 aromatic rings. The van der Waals surface area contributed by atoms with Crippen LogP contribution in [-0.4, -0.2) is 35.5 Å². The summed E-state index contributed by atoms with van der Waals surface area (Å²) >= 11 is 5.61. The zero-order valence-electron chi connectivity index (χ0n) is 9.15. The van der Waals surface area contributed by atoms with Crippen LogP contribution in [0, 0.1) is 0 Å². The van der Waals surface area contributed by atoms with Gasteiger partial charge in [-0.3, -0.25) is 4.79 Å². The van der Waals surface area contributed by atoms with Crippen molar-refractivity contribution in [1.82, 2.24) is 9.97 Å². The van der Waals surface area contributed by atoms with E-state index in [1.165, 1.54) is 20.3 Å². The average molecular weight is 246 g/mol. The number of rotatable bonds is 4. The fourth-order valence-electron chi connectivity index (χ4n) is 0.889. The van der Waals surface area contributed by atoms with Crippen molar-refractivity contribution in [3.8, 4) is 11.9 Å². The number of methoxy groups -OCH3 is 2. The van der Waals surface area contributed by atoms with Crippen LogP contribution in [0.3, 0.4) is 0 Å². The Bertz CT molecular complexity index is 362. The van der Waals surface area contributed by atoms with Crippen molar-refractivity contribution < 1.29 is 14.3 Å². The maximum atomic E-state index is 11.3. The minimum Gasteiger partial charge on any atom is -0.481 e. The van der Waals surface area contributed by atoms with Crippen LogP contribution in [0.25, 0.3) is 0 Å². The highest BCUT2D eigenvalue weighted by molar-refractivity contribution is 6.32. The quantitative estimate of drug-likeness (QED) is 0.803. The zero-order chi connectivity index (χ0) is 12.1. The predicted molar refractivity (Wildman–Crippen MR) is 59.1 cm³/mol. The largest absolute Gasteiger partial charge is 0.481 e. The summed E-state index contributed by atoms with van der Waals surface area (Å²) in [4.78, 5) is 19.1. The SMILES string of the molecule is COc1cc(NC(=O)C(C)Cl)nc(OC)n1. The van der Waals surface area contributed by atoms with E-state index in [2.05, 4.69) is 15.3 Å². The van der Waals surface area contributed by atoms with Gasteiger partial charge in [0.05, 0.1) is 14.2 Å². The maximum Gasteiger partial charge on any atom is 0.321 e. The van der Waals surface area contributed by atoms with Crippen molar-refractivity contribution in [2.45, 2.75) is 12.3 Å². The van der Waals surface area contributed by atoms with Gasteiger partial charge in [0, 0.05) is 6.07 Å². The summed E-state index contributed by atoms with van der Waals surface area (Å²) in [6, 6.07) is 1.58. The lowest BCUT2D eigenvalue weighted by Gasteiger charge is -2.08. The van der Waals surface area contributed by atoms with Crippen molar-refractivity contribution in [1.29, 1.82) is 0 Å². The van der Waals surface area contributed by atoms with Crippen molar-refractivity contribution in [2.24, 2.45) is 0 Å². The zero-order valence-corrected chi connectivity index (χ0v) is 9.91. The fraction of sp³-hybridized carbons (Fsp3) is 0.444. The van der Waals surface area contributed by atoms with E-state index in [-0.39, 0.29) is 17.7 Å². The highest BCUT2D eigenvalue weighted by atomic mass is 35.5. The summed E-state index contributed by atoms with van der Waals surface area (Å²) in [5.41, 5.74) is 0. The van der Waals surface area contributed by atoms with Crippen LogP contribution in [0.1, 0.15) is 6.92 Å². The first kappa shape index (κ1) is 12.5. The van der Waals surface area contributed by atoms with Gasteiger partial charge in [0.2, 0.25) is 11.8 Å². The van der Waals surface area contributed by atoms with Gasteiger partial charge in [-0.1, -0.05) is 0 Å². The molecule has 0 aliphatic rings. The van der Waals surface area contributed by atoms with Crippen LogP contribution in [0.4, 0.5) is 5.82 Å². The molecule has 0 spiro atoms. The number of anilines is 1. The van der Waals surface area contributed by atoms with E-state index >= 15 is 0 Å². The van der Waals surface area contributed by atoms with E-state index in [1.807, 2.05) is 0 Å². The van der Waals surface area contributed by atoms with Crippen LogP contribution in [-0.2, 0) is 4.79 Å². The molecule has 0 fully saturated rings. The molecule has 88 valence electrons. The Balaban J connectivity index is 2.91. The van der Waals surface area contributed by atoms with Gasteiger partial charge >= 0.3 is 6.01 Å². The van der Waals surface area contributed by atoms with Gasteiger partial charge in [0.15, 0.2) is 0 Å². The molecule has 1 aromatic heterocycles. The third-order valence-electron chi connectivity index (χ3n) is 1.69. The number of nitrogens with one attached hydrogen (secondary N) is 1. The Morgan fingerprint density at radius 3 is 2.62 bits per heavy atom. The molecule has 1 N–H and O–H groups in total. The molecule has 0 radical (unpaired) electrons. The average Bonchev–Trinajstić information content (AvgIpc) is 2.28. The summed E-state index contributed by atoms with van der Waals surface area (Å²) in [5, 5.41) is 1.86. The third-order valence-corrected chi connectivity index (χ3v) is 1.88. The van der Waals surface area contributed by atoms with Crippen LogP contribution in [0.15, 0.2) is 6.07 Å². The first-order valence-electron chi connectivity index (χ1n) is 4.48. The van der Waals surface area contributed by atoms with E-state index in [0.29, 0.717) is 5.88 Å². The summed E-state index contributed by atoms with van der Waals surface area (Å²) in [5.74, 6) is 0.218. The highest BCUT2D eigenvalue weighted by Crippen LogP contribution is 2.17. The van der Waals surface area contributed by atoms with Gasteiger partial charge < -0.3 is 14.8 Å². The normalized spacial score (nSPS) is 11.8. The molecule has 0 saturated heterocycles. The highest BCUT2D eigenvalue weighted by Gasteiger charge is 2.12. The number of hydrogen-bond donors (Lipinski definition) is 1. The van der Waals surface area contributed by atoms with Gasteiger partial charge in [-0.25, -0.2) is 0 Å². The number of carbonyl (C=O) groups excluding carboxylic acids is 1. The lowest BCUT2D eigenvalue weighted by Crippen LogP contribution is -2.21. The van der Waals surface area contributed by atoms with E-state index in [0.717, 1.165) is 0 Å². The Morgan fingerprint density at radius 1 is 1.44 bits per heavy atom. The second kappa shape index (κ2) is 5.50. The number of amides is 1. The van der Waals surface area contributed by atoms with Gasteiger partial charge in [-0.2, -0.15) is 9.97 Å². The second-order valence-electron chi connectivity index (χ2n) is 2.89. The van der Waals surface area contributed by atoms with Crippen LogP contribution in [0.2, 0.25) is 0 Å². The Labute approximate surface area is 97.9 Å². The van der Waals surface area contributed by atoms with E-state index in [1.54, 1.807) is 6.92 Å². The predicted octanol–water partition coefficient (Wildman–Crippen LogP) is 1.06. The first-order chi connectivity index (χ1) is 7.56. The molecule has 0 aliphatic heterocycles. The number of ether oxygens (including phenoxy) is 2. The molecule has 1 unspecified atom stereocenters. The van der Waals surface area contributed by atoms with Gasteiger partial charge in [0.1, 0.15) is 11.2 Å². The van der Waals surface area contributed by atoms with E-state index in [4.69, 9.17) is 21.1 Å². The molecule has 0 aliphatic carbocycles. The van der Waals surface area contributed by atoms with Crippen molar-refractivity contribution in [2.75, 3.05) is 19.5 Å². The van der Waals surface area contributed by atoms with Crippen molar-refractivity contribution >= 4 is 23.3 Å². The number of halogens is 1. The van der Waals surface area contributed by atoms with Crippen LogP contribution in [0.5, 0.6) is 11.9 Å². The number of alkyl halides is 1. The third kappa shape index (κ3) is 3.23. The minimum absolute atomic E-state index is 0.108. The molecule has 0 saturated carbocycles. The van der Waals surface area contributed by atoms with Gasteiger partial charge in [-0.05, 0) is 6.92 Å². The van der Waals surface area contributed by atoms with E-state index in [9.17, 15) is 4.79 Å². The smallest absolute Gasteiger partial charge is 0.321 e.